The molecular weight excluding hydrogens is 128 g/mol. The van der Waals surface area contributed by atoms with Gasteiger partial charge in [0.25, 0.3) is 0 Å². The minimum absolute atomic E-state index is 0.600. The van der Waals surface area contributed by atoms with Gasteiger partial charge in [-0.3, -0.25) is 0 Å². The molecule has 0 fully saturated rings. The quantitative estimate of drug-likeness (QED) is 0.326. The summed E-state index contributed by atoms with van der Waals surface area (Å²) in [6.07, 6.45) is -2.85. The fourth-order valence-electron chi connectivity index (χ4n) is 0.267. The molecule has 0 saturated carbocycles. The second kappa shape index (κ2) is 4.66. The summed E-state index contributed by atoms with van der Waals surface area (Å²) in [7, 11) is 0. The van der Waals surface area contributed by atoms with Gasteiger partial charge in [0.05, 0.1) is 13.2 Å². The number of ether oxygens (including phenoxy) is 1. The monoisotopic (exact) mass is 138 g/mol. The van der Waals surface area contributed by atoms with E-state index < -0.39 is 25.8 Å². The van der Waals surface area contributed by atoms with Gasteiger partial charge >= 0.3 is 0 Å². The van der Waals surface area contributed by atoms with Gasteiger partial charge in [-0.1, -0.05) is 0 Å². The van der Waals surface area contributed by atoms with Gasteiger partial charge in [-0.2, -0.15) is 0 Å². The molecule has 0 amide bonds. The maximum absolute atomic E-state index is 8.42. The van der Waals surface area contributed by atoms with Crippen molar-refractivity contribution < 1.29 is 25.2 Å². The summed E-state index contributed by atoms with van der Waals surface area (Å²) in [4.78, 5) is 0. The Bertz CT molecular complexity index is 58.0. The zero-order valence-corrected chi connectivity index (χ0v) is 4.77. The Balaban J connectivity index is 3.22. The van der Waals surface area contributed by atoms with Crippen LogP contribution in [0.25, 0.3) is 0 Å². The lowest BCUT2D eigenvalue weighted by molar-refractivity contribution is -0.229. The summed E-state index contributed by atoms with van der Waals surface area (Å²) in [6.45, 7) is -1.20. The van der Waals surface area contributed by atoms with E-state index in [0.717, 1.165) is 0 Å². The molecule has 56 valence electrons. The highest BCUT2D eigenvalue weighted by Gasteiger charge is 2.07. The van der Waals surface area contributed by atoms with Crippen LogP contribution >= 0.6 is 0 Å². The van der Waals surface area contributed by atoms with Crippen molar-refractivity contribution in [2.45, 2.75) is 12.6 Å². The SMILES string of the molecule is OC[C@H](O)O[C@@H](O)CO. The van der Waals surface area contributed by atoms with Gasteiger partial charge in [-0.15, -0.1) is 0 Å². The van der Waals surface area contributed by atoms with Crippen molar-refractivity contribution in [3.8, 4) is 0 Å². The molecule has 5 heteroatoms. The van der Waals surface area contributed by atoms with Crippen LogP contribution in [0.15, 0.2) is 0 Å². The Hall–Kier alpha value is -0.200. The van der Waals surface area contributed by atoms with E-state index in [9.17, 15) is 0 Å². The lowest BCUT2D eigenvalue weighted by Gasteiger charge is -2.12. The van der Waals surface area contributed by atoms with Gasteiger partial charge in [-0.25, -0.2) is 0 Å². The Labute approximate surface area is 52.1 Å². The predicted molar refractivity (Wildman–Crippen MR) is 27.3 cm³/mol. The largest absolute Gasteiger partial charge is 0.391 e. The molecule has 0 aliphatic rings. The van der Waals surface area contributed by atoms with Crippen molar-refractivity contribution in [2.24, 2.45) is 0 Å². The third-order valence-corrected chi connectivity index (χ3v) is 0.627. The van der Waals surface area contributed by atoms with Crippen molar-refractivity contribution in [1.29, 1.82) is 0 Å². The van der Waals surface area contributed by atoms with Gasteiger partial charge in [-0.05, 0) is 0 Å². The predicted octanol–water partition coefficient (Wildman–Crippen LogP) is -2.38. The average Bonchev–Trinajstić information content (AvgIpc) is 1.87. The molecule has 5 nitrogen and oxygen atoms in total. The lowest BCUT2D eigenvalue weighted by Crippen LogP contribution is -2.26. The van der Waals surface area contributed by atoms with E-state index in [1.54, 1.807) is 0 Å². The van der Waals surface area contributed by atoms with Crippen molar-refractivity contribution in [3.05, 3.63) is 0 Å². The molecule has 0 aromatic heterocycles. The zero-order valence-electron chi connectivity index (χ0n) is 4.77. The van der Waals surface area contributed by atoms with Crippen molar-refractivity contribution in [2.75, 3.05) is 13.2 Å². The van der Waals surface area contributed by atoms with Crippen LogP contribution in [0.3, 0.4) is 0 Å². The molecular formula is C4H10O5. The smallest absolute Gasteiger partial charge is 0.181 e. The molecule has 0 bridgehead atoms. The summed E-state index contributed by atoms with van der Waals surface area (Å²) >= 11 is 0. The van der Waals surface area contributed by atoms with Crippen LogP contribution in [0.5, 0.6) is 0 Å². The highest BCUT2D eigenvalue weighted by atomic mass is 16.7. The minimum atomic E-state index is -1.42. The summed E-state index contributed by atoms with van der Waals surface area (Å²) < 4.78 is 4.16. The van der Waals surface area contributed by atoms with Crippen LogP contribution in [0.4, 0.5) is 0 Å². The molecule has 0 heterocycles. The van der Waals surface area contributed by atoms with Crippen LogP contribution in [0.2, 0.25) is 0 Å². The first-order valence-electron chi connectivity index (χ1n) is 2.44. The summed E-state index contributed by atoms with van der Waals surface area (Å²) in [5.74, 6) is 0. The number of hydrogen-bond donors (Lipinski definition) is 4. The number of aliphatic hydroxyl groups is 4. The third kappa shape index (κ3) is 4.31. The van der Waals surface area contributed by atoms with Gasteiger partial charge in [0.15, 0.2) is 12.6 Å². The summed E-state index contributed by atoms with van der Waals surface area (Å²) in [5, 5.41) is 33.1. The normalized spacial score (nSPS) is 17.3. The molecule has 4 N–H and O–H groups in total. The summed E-state index contributed by atoms with van der Waals surface area (Å²) in [6, 6.07) is 0. The molecule has 0 aromatic rings. The highest BCUT2D eigenvalue weighted by Crippen LogP contribution is 1.89. The van der Waals surface area contributed by atoms with Crippen LogP contribution < -0.4 is 0 Å². The van der Waals surface area contributed by atoms with E-state index in [0.29, 0.717) is 0 Å². The standard InChI is InChI=1S/C4H10O5/c5-1-3(7)9-4(8)2-6/h3-8H,1-2H2/t3-,4-/m1/s1. The van der Waals surface area contributed by atoms with Crippen molar-refractivity contribution >= 4 is 0 Å². The molecule has 9 heavy (non-hydrogen) atoms. The Morgan fingerprint density at radius 2 is 1.33 bits per heavy atom. The molecule has 0 aliphatic carbocycles. The second-order valence-corrected chi connectivity index (χ2v) is 1.41. The molecule has 0 rings (SSSR count). The van der Waals surface area contributed by atoms with Crippen molar-refractivity contribution in [1.82, 2.24) is 0 Å². The second-order valence-electron chi connectivity index (χ2n) is 1.41. The minimum Gasteiger partial charge on any atom is -0.391 e. The first kappa shape index (κ1) is 8.80. The topological polar surface area (TPSA) is 90.2 Å². The molecule has 0 spiro atoms. The third-order valence-electron chi connectivity index (χ3n) is 0.627. The fourth-order valence-corrected chi connectivity index (χ4v) is 0.267. The Kier molecular flexibility index (Phi) is 4.55. The first-order chi connectivity index (χ1) is 4.20. The maximum Gasteiger partial charge on any atom is 0.181 e. The van der Waals surface area contributed by atoms with Gasteiger partial charge in [0, 0.05) is 0 Å². The summed E-state index contributed by atoms with van der Waals surface area (Å²) in [5.41, 5.74) is 0. The fraction of sp³-hybridized carbons (Fsp3) is 1.00. The van der Waals surface area contributed by atoms with Crippen LogP contribution in [0, 0.1) is 0 Å². The van der Waals surface area contributed by atoms with Crippen LogP contribution in [0.1, 0.15) is 0 Å². The molecule has 2 atom stereocenters. The Morgan fingerprint density at radius 3 is 1.56 bits per heavy atom. The van der Waals surface area contributed by atoms with Crippen molar-refractivity contribution in [3.63, 3.8) is 0 Å². The highest BCUT2D eigenvalue weighted by molar-refractivity contribution is 4.37. The zero-order chi connectivity index (χ0) is 7.28. The first-order valence-corrected chi connectivity index (χ1v) is 2.44. The maximum atomic E-state index is 8.42. The van der Waals surface area contributed by atoms with E-state index >= 15 is 0 Å². The number of hydrogen-bond acceptors (Lipinski definition) is 5. The number of aliphatic hydroxyl groups excluding tert-OH is 4. The Morgan fingerprint density at radius 1 is 1.00 bits per heavy atom. The van der Waals surface area contributed by atoms with E-state index in [4.69, 9.17) is 20.4 Å². The number of rotatable bonds is 4. The molecule has 0 aliphatic heterocycles. The van der Waals surface area contributed by atoms with Gasteiger partial charge < -0.3 is 25.2 Å². The van der Waals surface area contributed by atoms with Crippen LogP contribution in [-0.4, -0.2) is 46.2 Å². The molecule has 0 aromatic carbocycles. The average molecular weight is 138 g/mol. The lowest BCUT2D eigenvalue weighted by atomic mass is 10.6. The van der Waals surface area contributed by atoms with E-state index in [-0.39, 0.29) is 0 Å². The molecule has 0 radical (unpaired) electrons. The van der Waals surface area contributed by atoms with E-state index in [1.165, 1.54) is 0 Å². The van der Waals surface area contributed by atoms with E-state index in [1.807, 2.05) is 0 Å². The van der Waals surface area contributed by atoms with Gasteiger partial charge in [0.1, 0.15) is 0 Å². The molecule has 0 unspecified atom stereocenters. The van der Waals surface area contributed by atoms with Crippen LogP contribution in [-0.2, 0) is 4.74 Å². The molecule has 0 saturated heterocycles. The van der Waals surface area contributed by atoms with E-state index in [2.05, 4.69) is 4.74 Å². The van der Waals surface area contributed by atoms with Gasteiger partial charge in [0.2, 0.25) is 0 Å².